The van der Waals surface area contributed by atoms with Gasteiger partial charge in [0.25, 0.3) is 0 Å². The molecule has 3 aromatic rings. The largest absolute Gasteiger partial charge is 0.478 e. The summed E-state index contributed by atoms with van der Waals surface area (Å²) >= 11 is 7.42. The molecule has 0 amide bonds. The van der Waals surface area contributed by atoms with Gasteiger partial charge in [0.05, 0.1) is 21.8 Å². The number of carboxylic acid groups (broad SMARTS) is 1. The molecule has 7 heteroatoms. The van der Waals surface area contributed by atoms with Crippen LogP contribution in [-0.4, -0.2) is 25.8 Å². The molecule has 0 atom stereocenters. The molecule has 3 aromatic heterocycles. The van der Waals surface area contributed by atoms with Crippen molar-refractivity contribution in [3.05, 3.63) is 33.9 Å². The number of aromatic nitrogens is 3. The minimum absolute atomic E-state index is 0.0140. The van der Waals surface area contributed by atoms with Crippen molar-refractivity contribution in [3.8, 4) is 10.4 Å². The van der Waals surface area contributed by atoms with E-state index < -0.39 is 5.97 Å². The predicted octanol–water partition coefficient (Wildman–Crippen LogP) is 4.65. The molecule has 23 heavy (non-hydrogen) atoms. The Kier molecular flexibility index (Phi) is 4.12. The van der Waals surface area contributed by atoms with Gasteiger partial charge in [-0.15, -0.1) is 11.3 Å². The van der Waals surface area contributed by atoms with Crippen LogP contribution >= 0.6 is 22.9 Å². The van der Waals surface area contributed by atoms with Crippen LogP contribution in [0.4, 0.5) is 0 Å². The Morgan fingerprint density at radius 2 is 2.17 bits per heavy atom. The van der Waals surface area contributed by atoms with Crippen molar-refractivity contribution in [1.29, 1.82) is 0 Å². The van der Waals surface area contributed by atoms with Gasteiger partial charge < -0.3 is 5.11 Å². The second-order valence-corrected chi connectivity index (χ2v) is 7.22. The van der Waals surface area contributed by atoms with E-state index in [0.717, 1.165) is 10.3 Å². The van der Waals surface area contributed by atoms with Crippen LogP contribution in [0, 0.1) is 0 Å². The number of nitrogens with zero attached hydrogens (tertiary/aromatic N) is 3. The van der Waals surface area contributed by atoms with E-state index in [1.807, 2.05) is 26.8 Å². The van der Waals surface area contributed by atoms with Crippen molar-refractivity contribution < 1.29 is 9.90 Å². The molecule has 120 valence electrons. The highest BCUT2D eigenvalue weighted by molar-refractivity contribution is 7.19. The van der Waals surface area contributed by atoms with Crippen LogP contribution in [0.1, 0.15) is 42.7 Å². The lowest BCUT2D eigenvalue weighted by molar-refractivity contribution is 0.0695. The van der Waals surface area contributed by atoms with Gasteiger partial charge in [0, 0.05) is 22.4 Å². The monoisotopic (exact) mass is 349 g/mol. The number of thiophene rings is 1. The Hall–Kier alpha value is -1.92. The maximum Gasteiger partial charge on any atom is 0.338 e. The Morgan fingerprint density at radius 1 is 1.43 bits per heavy atom. The first kappa shape index (κ1) is 16.0. The quantitative estimate of drug-likeness (QED) is 0.744. The maximum atomic E-state index is 12.0. The second kappa shape index (κ2) is 5.94. The zero-order valence-electron chi connectivity index (χ0n) is 13.0. The highest BCUT2D eigenvalue weighted by Gasteiger charge is 2.26. The summed E-state index contributed by atoms with van der Waals surface area (Å²) in [7, 11) is 0. The van der Waals surface area contributed by atoms with Crippen molar-refractivity contribution in [2.24, 2.45) is 0 Å². The first-order valence-electron chi connectivity index (χ1n) is 7.32. The average molecular weight is 350 g/mol. The summed E-state index contributed by atoms with van der Waals surface area (Å²) in [6.07, 6.45) is 1.69. The number of carbonyl (C=O) groups is 1. The van der Waals surface area contributed by atoms with Crippen LogP contribution in [0.15, 0.2) is 18.3 Å². The standard InChI is InChI=1S/C16H16ClN3O2S/c1-4-20-15-9(7-18-20)12(10-5-6-11(17)23-10)13(16(21)22)14(19-15)8(2)3/h5-8H,4H2,1-3H3,(H,21,22). The lowest BCUT2D eigenvalue weighted by Gasteiger charge is -2.14. The van der Waals surface area contributed by atoms with Crippen LogP contribution < -0.4 is 0 Å². The molecule has 1 N–H and O–H groups in total. The van der Waals surface area contributed by atoms with Gasteiger partial charge in [-0.3, -0.25) is 0 Å². The highest BCUT2D eigenvalue weighted by atomic mass is 35.5. The molecule has 0 saturated carbocycles. The fourth-order valence-electron chi connectivity index (χ4n) is 2.68. The van der Waals surface area contributed by atoms with E-state index in [9.17, 15) is 9.90 Å². The Bertz CT molecular complexity index is 898. The summed E-state index contributed by atoms with van der Waals surface area (Å²) in [6, 6.07) is 3.63. The van der Waals surface area contributed by atoms with Crippen LogP contribution in [0.3, 0.4) is 0 Å². The zero-order chi connectivity index (χ0) is 16.7. The number of pyridine rings is 1. The van der Waals surface area contributed by atoms with E-state index in [1.54, 1.807) is 16.9 Å². The molecule has 3 rings (SSSR count). The Labute approximate surface area is 142 Å². The third kappa shape index (κ3) is 2.62. The summed E-state index contributed by atoms with van der Waals surface area (Å²) in [6.45, 7) is 6.54. The Morgan fingerprint density at radius 3 is 2.70 bits per heavy atom. The highest BCUT2D eigenvalue weighted by Crippen LogP contribution is 2.40. The van der Waals surface area contributed by atoms with Gasteiger partial charge >= 0.3 is 5.97 Å². The number of carboxylic acids is 1. The molecule has 0 radical (unpaired) electrons. The van der Waals surface area contributed by atoms with E-state index in [2.05, 4.69) is 10.1 Å². The van der Waals surface area contributed by atoms with Gasteiger partial charge in [-0.1, -0.05) is 25.4 Å². The molecular formula is C16H16ClN3O2S. The van der Waals surface area contributed by atoms with Crippen molar-refractivity contribution in [2.75, 3.05) is 0 Å². The van der Waals surface area contributed by atoms with E-state index in [-0.39, 0.29) is 11.5 Å². The zero-order valence-corrected chi connectivity index (χ0v) is 14.6. The summed E-state index contributed by atoms with van der Waals surface area (Å²) < 4.78 is 2.40. The fourth-order valence-corrected chi connectivity index (χ4v) is 3.78. The van der Waals surface area contributed by atoms with Crippen LogP contribution in [0.25, 0.3) is 21.5 Å². The molecular weight excluding hydrogens is 334 g/mol. The van der Waals surface area contributed by atoms with E-state index in [1.165, 1.54) is 11.3 Å². The number of aromatic carboxylic acids is 1. The van der Waals surface area contributed by atoms with Crippen molar-refractivity contribution >= 4 is 39.9 Å². The smallest absolute Gasteiger partial charge is 0.338 e. The van der Waals surface area contributed by atoms with Gasteiger partial charge in [-0.05, 0) is 25.0 Å². The number of hydrogen-bond donors (Lipinski definition) is 1. The minimum atomic E-state index is -0.980. The van der Waals surface area contributed by atoms with Gasteiger partial charge in [0.1, 0.15) is 0 Å². The molecule has 0 saturated heterocycles. The molecule has 0 fully saturated rings. The van der Waals surface area contributed by atoms with Gasteiger partial charge in [-0.25, -0.2) is 14.5 Å². The molecule has 0 aromatic carbocycles. The molecule has 0 spiro atoms. The third-order valence-corrected chi connectivity index (χ3v) is 4.94. The summed E-state index contributed by atoms with van der Waals surface area (Å²) in [5.41, 5.74) is 2.17. The second-order valence-electron chi connectivity index (χ2n) is 5.51. The molecule has 0 aliphatic heterocycles. The normalized spacial score (nSPS) is 11.5. The summed E-state index contributed by atoms with van der Waals surface area (Å²) in [5.74, 6) is -0.994. The number of aryl methyl sites for hydroxylation is 1. The minimum Gasteiger partial charge on any atom is -0.478 e. The lowest BCUT2D eigenvalue weighted by Crippen LogP contribution is -2.10. The summed E-state index contributed by atoms with van der Waals surface area (Å²) in [4.78, 5) is 17.4. The van der Waals surface area contributed by atoms with Crippen LogP contribution in [0.5, 0.6) is 0 Å². The predicted molar refractivity (Wildman–Crippen MR) is 92.6 cm³/mol. The molecule has 5 nitrogen and oxygen atoms in total. The number of fused-ring (bicyclic) bond motifs is 1. The van der Waals surface area contributed by atoms with Gasteiger partial charge in [0.15, 0.2) is 5.65 Å². The topological polar surface area (TPSA) is 68.0 Å². The van der Waals surface area contributed by atoms with E-state index >= 15 is 0 Å². The molecule has 0 aliphatic carbocycles. The first-order chi connectivity index (χ1) is 10.9. The first-order valence-corrected chi connectivity index (χ1v) is 8.51. The molecule has 0 unspecified atom stereocenters. The average Bonchev–Trinajstić information content (AvgIpc) is 3.10. The van der Waals surface area contributed by atoms with Crippen LogP contribution in [0.2, 0.25) is 4.34 Å². The van der Waals surface area contributed by atoms with Crippen molar-refractivity contribution in [1.82, 2.24) is 14.8 Å². The van der Waals surface area contributed by atoms with Gasteiger partial charge in [0.2, 0.25) is 0 Å². The number of rotatable bonds is 4. The maximum absolute atomic E-state index is 12.0. The molecule has 0 bridgehead atoms. The molecule has 0 aliphatic rings. The van der Waals surface area contributed by atoms with Gasteiger partial charge in [-0.2, -0.15) is 5.10 Å². The third-order valence-electron chi connectivity index (χ3n) is 3.69. The number of hydrogen-bond acceptors (Lipinski definition) is 4. The van der Waals surface area contributed by atoms with Crippen molar-refractivity contribution in [2.45, 2.75) is 33.2 Å². The summed E-state index contributed by atoms with van der Waals surface area (Å²) in [5, 5.41) is 14.9. The lowest BCUT2D eigenvalue weighted by atomic mass is 9.96. The Balaban J connectivity index is 2.48. The van der Waals surface area contributed by atoms with E-state index in [4.69, 9.17) is 11.6 Å². The number of halogens is 1. The van der Waals surface area contributed by atoms with E-state index in [0.29, 0.717) is 27.8 Å². The van der Waals surface area contributed by atoms with Crippen LogP contribution in [-0.2, 0) is 6.54 Å². The fraction of sp³-hybridized carbons (Fsp3) is 0.312. The molecule has 3 heterocycles. The SMILES string of the molecule is CCn1ncc2c(-c3ccc(Cl)s3)c(C(=O)O)c(C(C)C)nc21. The van der Waals surface area contributed by atoms with Crippen molar-refractivity contribution in [3.63, 3.8) is 0 Å².